The van der Waals surface area contributed by atoms with Crippen molar-refractivity contribution in [3.8, 4) is 12.0 Å². The highest BCUT2D eigenvalue weighted by Crippen LogP contribution is 2.15. The fourth-order valence-electron chi connectivity index (χ4n) is 1.02. The SMILES string of the molecule is CC=C(C)C(=O)Nc1ccc(OC#N)cc1. The molecule has 0 saturated heterocycles. The van der Waals surface area contributed by atoms with Crippen LogP contribution in [0.2, 0.25) is 0 Å². The number of ether oxygens (including phenoxy) is 1. The van der Waals surface area contributed by atoms with Crippen LogP contribution in [0.15, 0.2) is 35.9 Å². The Morgan fingerprint density at radius 2 is 2.06 bits per heavy atom. The van der Waals surface area contributed by atoms with E-state index in [-0.39, 0.29) is 5.91 Å². The highest BCUT2D eigenvalue weighted by molar-refractivity contribution is 6.03. The van der Waals surface area contributed by atoms with E-state index < -0.39 is 0 Å². The minimum atomic E-state index is -0.142. The molecule has 1 amide bonds. The van der Waals surface area contributed by atoms with Crippen LogP contribution in [0.1, 0.15) is 13.8 Å². The van der Waals surface area contributed by atoms with Gasteiger partial charge in [-0.05, 0) is 38.1 Å². The molecule has 0 atom stereocenters. The number of carbonyl (C=O) groups excluding carboxylic acids is 1. The first-order chi connectivity index (χ1) is 7.67. The van der Waals surface area contributed by atoms with Crippen LogP contribution >= 0.6 is 0 Å². The molecule has 4 nitrogen and oxygen atoms in total. The van der Waals surface area contributed by atoms with Crippen LogP contribution in [-0.4, -0.2) is 5.91 Å². The van der Waals surface area contributed by atoms with E-state index in [1.165, 1.54) is 0 Å². The summed E-state index contributed by atoms with van der Waals surface area (Å²) in [7, 11) is 0. The highest BCUT2D eigenvalue weighted by Gasteiger charge is 2.03. The molecule has 82 valence electrons. The number of allylic oxidation sites excluding steroid dienone is 1. The molecule has 0 radical (unpaired) electrons. The Balaban J connectivity index is 2.70. The molecule has 1 aromatic rings. The van der Waals surface area contributed by atoms with Crippen LogP contribution in [0, 0.1) is 11.5 Å². The number of hydrogen-bond donors (Lipinski definition) is 1. The van der Waals surface area contributed by atoms with Gasteiger partial charge < -0.3 is 10.1 Å². The van der Waals surface area contributed by atoms with Gasteiger partial charge in [0.15, 0.2) is 0 Å². The highest BCUT2D eigenvalue weighted by atomic mass is 16.5. The van der Waals surface area contributed by atoms with E-state index >= 15 is 0 Å². The second-order valence-corrected chi connectivity index (χ2v) is 3.14. The molecule has 4 heteroatoms. The number of benzene rings is 1. The number of nitriles is 1. The first-order valence-electron chi connectivity index (χ1n) is 4.77. The molecule has 0 saturated carbocycles. The van der Waals surface area contributed by atoms with Gasteiger partial charge >= 0.3 is 0 Å². The first-order valence-corrected chi connectivity index (χ1v) is 4.77. The predicted octanol–water partition coefficient (Wildman–Crippen LogP) is 2.45. The van der Waals surface area contributed by atoms with Gasteiger partial charge in [0.05, 0.1) is 0 Å². The van der Waals surface area contributed by atoms with Crippen molar-refractivity contribution in [2.45, 2.75) is 13.8 Å². The lowest BCUT2D eigenvalue weighted by molar-refractivity contribution is -0.112. The summed E-state index contributed by atoms with van der Waals surface area (Å²) in [6.45, 7) is 3.54. The average molecular weight is 216 g/mol. The summed E-state index contributed by atoms with van der Waals surface area (Å²) in [4.78, 5) is 11.5. The van der Waals surface area contributed by atoms with Crippen molar-refractivity contribution in [1.29, 1.82) is 5.26 Å². The first kappa shape index (κ1) is 11.8. The summed E-state index contributed by atoms with van der Waals surface area (Å²) in [6, 6.07) is 6.58. The van der Waals surface area contributed by atoms with Gasteiger partial charge in [-0.15, -0.1) is 5.26 Å². The van der Waals surface area contributed by atoms with Gasteiger partial charge in [-0.2, -0.15) is 0 Å². The molecule has 0 aliphatic carbocycles. The number of nitrogens with zero attached hydrogens (tertiary/aromatic N) is 1. The van der Waals surface area contributed by atoms with Crippen molar-refractivity contribution < 1.29 is 9.53 Å². The predicted molar refractivity (Wildman–Crippen MR) is 60.7 cm³/mol. The van der Waals surface area contributed by atoms with E-state index in [0.29, 0.717) is 17.0 Å². The molecule has 0 aliphatic heterocycles. The number of hydrogen-bond acceptors (Lipinski definition) is 3. The second-order valence-electron chi connectivity index (χ2n) is 3.14. The number of anilines is 1. The van der Waals surface area contributed by atoms with Gasteiger partial charge in [0.1, 0.15) is 5.75 Å². The Kier molecular flexibility index (Phi) is 4.10. The van der Waals surface area contributed by atoms with Gasteiger partial charge in [0.25, 0.3) is 12.2 Å². The van der Waals surface area contributed by atoms with Crippen molar-refractivity contribution in [1.82, 2.24) is 0 Å². The van der Waals surface area contributed by atoms with E-state index in [1.54, 1.807) is 50.4 Å². The van der Waals surface area contributed by atoms with Gasteiger partial charge in [0.2, 0.25) is 0 Å². The number of nitrogens with one attached hydrogen (secondary N) is 1. The van der Waals surface area contributed by atoms with Crippen molar-refractivity contribution in [3.63, 3.8) is 0 Å². The Morgan fingerprint density at radius 1 is 1.44 bits per heavy atom. The molecule has 0 heterocycles. The van der Waals surface area contributed by atoms with Crippen LogP contribution in [-0.2, 0) is 4.79 Å². The van der Waals surface area contributed by atoms with Gasteiger partial charge in [0, 0.05) is 11.3 Å². The maximum Gasteiger partial charge on any atom is 0.292 e. The lowest BCUT2D eigenvalue weighted by Gasteiger charge is -2.05. The number of amides is 1. The molecular weight excluding hydrogens is 204 g/mol. The van der Waals surface area contributed by atoms with Gasteiger partial charge in [-0.25, -0.2) is 0 Å². The van der Waals surface area contributed by atoms with Crippen molar-refractivity contribution in [2.24, 2.45) is 0 Å². The largest absolute Gasteiger partial charge is 0.388 e. The summed E-state index contributed by atoms with van der Waals surface area (Å²) < 4.78 is 4.62. The molecule has 0 unspecified atom stereocenters. The third-order valence-electron chi connectivity index (χ3n) is 2.07. The second kappa shape index (κ2) is 5.56. The van der Waals surface area contributed by atoms with E-state index in [1.807, 2.05) is 0 Å². The van der Waals surface area contributed by atoms with Crippen LogP contribution < -0.4 is 10.1 Å². The molecule has 0 bridgehead atoms. The topological polar surface area (TPSA) is 62.1 Å². The molecule has 0 aliphatic rings. The normalized spacial score (nSPS) is 10.4. The summed E-state index contributed by atoms with van der Waals surface area (Å²) in [6.07, 6.45) is 3.31. The Morgan fingerprint density at radius 3 is 2.56 bits per heavy atom. The maximum atomic E-state index is 11.5. The van der Waals surface area contributed by atoms with Crippen molar-refractivity contribution in [3.05, 3.63) is 35.9 Å². The Hall–Kier alpha value is -2.28. The molecule has 0 aromatic heterocycles. The standard InChI is InChI=1S/C12H12N2O2/c1-3-9(2)12(15)14-10-4-6-11(7-5-10)16-8-13/h3-7H,1-2H3,(H,14,15). The van der Waals surface area contributed by atoms with E-state index in [4.69, 9.17) is 5.26 Å². The summed E-state index contributed by atoms with van der Waals surface area (Å²) in [5, 5.41) is 11.0. The zero-order valence-electron chi connectivity index (χ0n) is 9.15. The summed E-state index contributed by atoms with van der Waals surface area (Å²) >= 11 is 0. The Bertz CT molecular complexity index is 441. The maximum absolute atomic E-state index is 11.5. The minimum Gasteiger partial charge on any atom is -0.388 e. The Labute approximate surface area is 94.1 Å². The molecule has 1 N–H and O–H groups in total. The van der Waals surface area contributed by atoms with Crippen molar-refractivity contribution >= 4 is 11.6 Å². The van der Waals surface area contributed by atoms with Gasteiger partial charge in [-0.1, -0.05) is 6.08 Å². The quantitative estimate of drug-likeness (QED) is 0.623. The molecule has 0 spiro atoms. The van der Waals surface area contributed by atoms with E-state index in [9.17, 15) is 4.79 Å². The van der Waals surface area contributed by atoms with Crippen LogP contribution in [0.5, 0.6) is 5.75 Å². The van der Waals surface area contributed by atoms with E-state index in [2.05, 4.69) is 10.1 Å². The smallest absolute Gasteiger partial charge is 0.292 e. The third kappa shape index (κ3) is 3.14. The molecular formula is C12H12N2O2. The van der Waals surface area contributed by atoms with Crippen molar-refractivity contribution in [2.75, 3.05) is 5.32 Å². The minimum absolute atomic E-state index is 0.142. The third-order valence-corrected chi connectivity index (χ3v) is 2.07. The monoisotopic (exact) mass is 216 g/mol. The fraction of sp³-hybridized carbons (Fsp3) is 0.167. The zero-order chi connectivity index (χ0) is 12.0. The van der Waals surface area contributed by atoms with E-state index in [0.717, 1.165) is 0 Å². The van der Waals surface area contributed by atoms with Gasteiger partial charge in [-0.3, -0.25) is 4.79 Å². The molecule has 1 rings (SSSR count). The molecule has 0 fully saturated rings. The molecule has 16 heavy (non-hydrogen) atoms. The van der Waals surface area contributed by atoms with Crippen LogP contribution in [0.25, 0.3) is 0 Å². The summed E-state index contributed by atoms with van der Waals surface area (Å²) in [5.74, 6) is 0.305. The fourth-order valence-corrected chi connectivity index (χ4v) is 1.02. The number of carbonyl (C=O) groups is 1. The lowest BCUT2D eigenvalue weighted by Crippen LogP contribution is -2.12. The summed E-state index contributed by atoms with van der Waals surface area (Å²) in [5.41, 5.74) is 1.31. The van der Waals surface area contributed by atoms with Crippen LogP contribution in [0.3, 0.4) is 0 Å². The molecule has 1 aromatic carbocycles. The number of rotatable bonds is 3. The zero-order valence-corrected chi connectivity index (χ0v) is 9.15. The lowest BCUT2D eigenvalue weighted by atomic mass is 10.2. The average Bonchev–Trinajstić information content (AvgIpc) is 2.31. The van der Waals surface area contributed by atoms with Crippen LogP contribution in [0.4, 0.5) is 5.69 Å².